The molecule has 1 N–H and O–H groups in total. The Morgan fingerprint density at radius 3 is 2.44 bits per heavy atom. The predicted molar refractivity (Wildman–Crippen MR) is 100 cm³/mol. The zero-order chi connectivity index (χ0) is 19.8. The zero-order valence-electron chi connectivity index (χ0n) is 14.6. The van der Waals surface area contributed by atoms with E-state index in [-0.39, 0.29) is 0 Å². The SMILES string of the molecule is COC(=O)c1ccc(/C=C/C(=O)OC(C)C(=O)Nc2ccc(Cl)cn2)cc1. The van der Waals surface area contributed by atoms with E-state index in [0.717, 1.165) is 0 Å². The Morgan fingerprint density at radius 1 is 1.15 bits per heavy atom. The summed E-state index contributed by atoms with van der Waals surface area (Å²) in [6.07, 6.45) is 3.08. The molecule has 1 atom stereocenters. The molecule has 0 aliphatic heterocycles. The average Bonchev–Trinajstić information content (AvgIpc) is 2.67. The number of pyridine rings is 1. The number of amides is 1. The van der Waals surface area contributed by atoms with Crippen molar-refractivity contribution in [2.24, 2.45) is 0 Å². The Balaban J connectivity index is 1.88. The molecule has 0 spiro atoms. The molecule has 1 amide bonds. The van der Waals surface area contributed by atoms with Gasteiger partial charge in [0.1, 0.15) is 5.82 Å². The Morgan fingerprint density at radius 2 is 1.85 bits per heavy atom. The van der Waals surface area contributed by atoms with E-state index >= 15 is 0 Å². The molecule has 0 radical (unpaired) electrons. The van der Waals surface area contributed by atoms with Crippen LogP contribution in [0.1, 0.15) is 22.8 Å². The van der Waals surface area contributed by atoms with Crippen molar-refractivity contribution >= 4 is 41.3 Å². The molecule has 0 bridgehead atoms. The van der Waals surface area contributed by atoms with Crippen molar-refractivity contribution in [3.63, 3.8) is 0 Å². The maximum atomic E-state index is 12.0. The maximum absolute atomic E-state index is 12.0. The molecule has 0 saturated carbocycles. The van der Waals surface area contributed by atoms with Crippen LogP contribution in [0, 0.1) is 0 Å². The molecule has 27 heavy (non-hydrogen) atoms. The number of methoxy groups -OCH3 is 1. The van der Waals surface area contributed by atoms with Gasteiger partial charge in [0.05, 0.1) is 17.7 Å². The second-order valence-corrected chi connectivity index (χ2v) is 5.81. The topological polar surface area (TPSA) is 94.6 Å². The minimum Gasteiger partial charge on any atom is -0.465 e. The van der Waals surface area contributed by atoms with Gasteiger partial charge in [-0.3, -0.25) is 4.79 Å². The number of nitrogens with one attached hydrogen (secondary N) is 1. The van der Waals surface area contributed by atoms with Gasteiger partial charge in [-0.25, -0.2) is 14.6 Å². The Hall–Kier alpha value is -3.19. The van der Waals surface area contributed by atoms with E-state index in [9.17, 15) is 14.4 Å². The molecule has 1 heterocycles. The van der Waals surface area contributed by atoms with Gasteiger partial charge in [-0.15, -0.1) is 0 Å². The summed E-state index contributed by atoms with van der Waals surface area (Å²) in [6.45, 7) is 1.45. The summed E-state index contributed by atoms with van der Waals surface area (Å²) < 4.78 is 9.65. The Labute approximate surface area is 161 Å². The largest absolute Gasteiger partial charge is 0.465 e. The average molecular weight is 389 g/mol. The number of benzene rings is 1. The number of rotatable bonds is 6. The molecule has 1 aromatic carbocycles. The highest BCUT2D eigenvalue weighted by Gasteiger charge is 2.17. The van der Waals surface area contributed by atoms with Gasteiger partial charge in [0.15, 0.2) is 6.10 Å². The molecule has 2 aromatic rings. The third kappa shape index (κ3) is 6.23. The highest BCUT2D eigenvalue weighted by molar-refractivity contribution is 6.30. The normalized spacial score (nSPS) is 11.7. The van der Waals surface area contributed by atoms with E-state index < -0.39 is 23.9 Å². The summed E-state index contributed by atoms with van der Waals surface area (Å²) >= 11 is 5.72. The fourth-order valence-corrected chi connectivity index (χ4v) is 2.07. The van der Waals surface area contributed by atoms with E-state index in [1.807, 2.05) is 0 Å². The highest BCUT2D eigenvalue weighted by Crippen LogP contribution is 2.11. The van der Waals surface area contributed by atoms with Gasteiger partial charge in [-0.1, -0.05) is 23.7 Å². The van der Waals surface area contributed by atoms with Gasteiger partial charge in [0.2, 0.25) is 0 Å². The van der Waals surface area contributed by atoms with Crippen LogP contribution < -0.4 is 5.32 Å². The van der Waals surface area contributed by atoms with E-state index in [0.29, 0.717) is 22.0 Å². The summed E-state index contributed by atoms with van der Waals surface area (Å²) in [5, 5.41) is 2.96. The number of nitrogens with zero attached hydrogens (tertiary/aromatic N) is 1. The molecular formula is C19H17ClN2O5. The molecule has 0 aliphatic carbocycles. The molecule has 1 unspecified atom stereocenters. The van der Waals surface area contributed by atoms with Gasteiger partial charge in [0, 0.05) is 12.3 Å². The standard InChI is InChI=1S/C19H17ClN2O5/c1-12(18(24)22-16-9-8-15(20)11-21-16)27-17(23)10-5-13-3-6-14(7-4-13)19(25)26-2/h3-12H,1-2H3,(H,21,22,24)/b10-5+. The number of hydrogen-bond acceptors (Lipinski definition) is 6. The van der Waals surface area contributed by atoms with Crippen LogP contribution in [0.4, 0.5) is 5.82 Å². The quantitative estimate of drug-likeness (QED) is 0.603. The first-order valence-electron chi connectivity index (χ1n) is 7.88. The van der Waals surface area contributed by atoms with Crippen LogP contribution in [-0.2, 0) is 19.1 Å². The summed E-state index contributed by atoms with van der Waals surface area (Å²) in [5.41, 5.74) is 1.08. The lowest BCUT2D eigenvalue weighted by Gasteiger charge is -2.11. The number of hydrogen-bond donors (Lipinski definition) is 1. The molecule has 0 aliphatic rings. The van der Waals surface area contributed by atoms with Crippen molar-refractivity contribution in [1.29, 1.82) is 0 Å². The minimum absolute atomic E-state index is 0.300. The Bertz CT molecular complexity index is 847. The number of aromatic nitrogens is 1. The predicted octanol–water partition coefficient (Wildman–Crippen LogP) is 3.11. The van der Waals surface area contributed by atoms with Crippen molar-refractivity contribution < 1.29 is 23.9 Å². The van der Waals surface area contributed by atoms with Crippen LogP contribution in [0.3, 0.4) is 0 Å². The lowest BCUT2D eigenvalue weighted by molar-refractivity contribution is -0.148. The molecule has 7 nitrogen and oxygen atoms in total. The zero-order valence-corrected chi connectivity index (χ0v) is 15.4. The van der Waals surface area contributed by atoms with Gasteiger partial charge >= 0.3 is 11.9 Å². The van der Waals surface area contributed by atoms with E-state index in [4.69, 9.17) is 16.3 Å². The van der Waals surface area contributed by atoms with Crippen molar-refractivity contribution in [1.82, 2.24) is 4.98 Å². The fraction of sp³-hybridized carbons (Fsp3) is 0.158. The molecule has 2 rings (SSSR count). The fourth-order valence-electron chi connectivity index (χ4n) is 1.96. The number of halogens is 1. The third-order valence-corrected chi connectivity index (χ3v) is 3.61. The lowest BCUT2D eigenvalue weighted by atomic mass is 10.1. The minimum atomic E-state index is -1.01. The summed E-state index contributed by atoms with van der Waals surface area (Å²) in [6, 6.07) is 9.57. The van der Waals surface area contributed by atoms with E-state index in [1.165, 1.54) is 38.4 Å². The molecule has 8 heteroatoms. The number of anilines is 1. The second-order valence-electron chi connectivity index (χ2n) is 5.38. The van der Waals surface area contributed by atoms with Crippen molar-refractivity contribution in [2.45, 2.75) is 13.0 Å². The Kier molecular flexibility index (Phi) is 7.08. The van der Waals surface area contributed by atoms with Crippen LogP contribution >= 0.6 is 11.6 Å². The van der Waals surface area contributed by atoms with Gasteiger partial charge < -0.3 is 14.8 Å². The van der Waals surface area contributed by atoms with Crippen molar-refractivity contribution in [3.05, 3.63) is 64.8 Å². The molecular weight excluding hydrogens is 372 g/mol. The number of carbonyl (C=O) groups is 3. The number of esters is 2. The molecule has 0 saturated heterocycles. The van der Waals surface area contributed by atoms with Crippen LogP contribution in [0.2, 0.25) is 5.02 Å². The van der Waals surface area contributed by atoms with Crippen LogP contribution in [0.5, 0.6) is 0 Å². The smallest absolute Gasteiger partial charge is 0.337 e. The second kappa shape index (κ2) is 9.49. The highest BCUT2D eigenvalue weighted by atomic mass is 35.5. The van der Waals surface area contributed by atoms with E-state index in [2.05, 4.69) is 15.0 Å². The first-order chi connectivity index (χ1) is 12.9. The van der Waals surface area contributed by atoms with Crippen molar-refractivity contribution in [2.75, 3.05) is 12.4 Å². The number of carbonyl (C=O) groups excluding carboxylic acids is 3. The van der Waals surface area contributed by atoms with Gasteiger partial charge in [-0.05, 0) is 42.8 Å². The van der Waals surface area contributed by atoms with Crippen molar-refractivity contribution in [3.8, 4) is 0 Å². The monoisotopic (exact) mass is 388 g/mol. The first kappa shape index (κ1) is 20.1. The molecule has 140 valence electrons. The van der Waals surface area contributed by atoms with Gasteiger partial charge in [-0.2, -0.15) is 0 Å². The summed E-state index contributed by atoms with van der Waals surface area (Å²) in [5.74, 6) is -1.35. The van der Waals surface area contributed by atoms with Crippen LogP contribution in [0.15, 0.2) is 48.7 Å². The number of ether oxygens (including phenoxy) is 2. The molecule has 0 fully saturated rings. The first-order valence-corrected chi connectivity index (χ1v) is 8.26. The van der Waals surface area contributed by atoms with Crippen LogP contribution in [0.25, 0.3) is 6.08 Å². The third-order valence-electron chi connectivity index (χ3n) is 3.38. The maximum Gasteiger partial charge on any atom is 0.337 e. The van der Waals surface area contributed by atoms with Gasteiger partial charge in [0.25, 0.3) is 5.91 Å². The summed E-state index contributed by atoms with van der Waals surface area (Å²) in [7, 11) is 1.30. The lowest BCUT2D eigenvalue weighted by Crippen LogP contribution is -2.29. The van der Waals surface area contributed by atoms with E-state index in [1.54, 1.807) is 30.3 Å². The summed E-state index contributed by atoms with van der Waals surface area (Å²) in [4.78, 5) is 39.2. The molecule has 1 aromatic heterocycles. The van der Waals surface area contributed by atoms with Crippen LogP contribution in [-0.4, -0.2) is 36.0 Å².